The van der Waals surface area contributed by atoms with Crippen LogP contribution in [0.4, 0.5) is 11.4 Å². The molecule has 2 amide bonds. The van der Waals surface area contributed by atoms with Gasteiger partial charge in [-0.15, -0.1) is 0 Å². The quantitative estimate of drug-likeness (QED) is 0.874. The molecule has 2 aliphatic rings. The van der Waals surface area contributed by atoms with Crippen molar-refractivity contribution in [1.82, 2.24) is 4.90 Å². The van der Waals surface area contributed by atoms with Crippen molar-refractivity contribution < 1.29 is 18.0 Å². The lowest BCUT2D eigenvalue weighted by Crippen LogP contribution is -2.33. The molecule has 8 heteroatoms. The Morgan fingerprint density at radius 1 is 1.24 bits per heavy atom. The summed E-state index contributed by atoms with van der Waals surface area (Å²) in [4.78, 5) is 26.0. The molecule has 2 saturated heterocycles. The van der Waals surface area contributed by atoms with Gasteiger partial charge in [-0.3, -0.25) is 13.9 Å². The van der Waals surface area contributed by atoms with Gasteiger partial charge in [0.25, 0.3) is 0 Å². The molecule has 2 heterocycles. The maximum atomic E-state index is 12.4. The van der Waals surface area contributed by atoms with Crippen LogP contribution in [0.25, 0.3) is 0 Å². The highest BCUT2D eigenvalue weighted by atomic mass is 32.2. The highest BCUT2D eigenvalue weighted by Crippen LogP contribution is 2.26. The number of likely N-dealkylation sites (tertiary alicyclic amines) is 1. The lowest BCUT2D eigenvalue weighted by molar-refractivity contribution is -0.129. The summed E-state index contributed by atoms with van der Waals surface area (Å²) in [6.45, 7) is 4.79. The Kier molecular flexibility index (Phi) is 4.73. The summed E-state index contributed by atoms with van der Waals surface area (Å²) >= 11 is 0. The standard InChI is InChI=1S/C17H23N3O4S/c1-12(2)19-11-13(10-16(19)21)17(22)18-14-4-6-15(7-5-14)20-8-3-9-25(20,23)24/h4-7,12-13H,3,8-11H2,1-2H3,(H,18,22). The van der Waals surface area contributed by atoms with E-state index >= 15 is 0 Å². The number of benzene rings is 1. The first kappa shape index (κ1) is 17.7. The van der Waals surface area contributed by atoms with Crippen molar-refractivity contribution in [2.45, 2.75) is 32.7 Å². The van der Waals surface area contributed by atoms with Crippen LogP contribution >= 0.6 is 0 Å². The monoisotopic (exact) mass is 365 g/mol. The smallest absolute Gasteiger partial charge is 0.235 e. The first-order chi connectivity index (χ1) is 11.8. The van der Waals surface area contributed by atoms with E-state index in [-0.39, 0.29) is 35.9 Å². The molecule has 0 aliphatic carbocycles. The number of rotatable bonds is 4. The van der Waals surface area contributed by atoms with Crippen molar-refractivity contribution >= 4 is 33.2 Å². The Labute approximate surface area is 148 Å². The number of nitrogens with zero attached hydrogens (tertiary/aromatic N) is 2. The van der Waals surface area contributed by atoms with Gasteiger partial charge in [-0.1, -0.05) is 0 Å². The van der Waals surface area contributed by atoms with Crippen molar-refractivity contribution in [3.63, 3.8) is 0 Å². The predicted octanol–water partition coefficient (Wildman–Crippen LogP) is 1.42. The third kappa shape index (κ3) is 3.63. The van der Waals surface area contributed by atoms with Crippen LogP contribution < -0.4 is 9.62 Å². The zero-order valence-electron chi connectivity index (χ0n) is 14.4. The summed E-state index contributed by atoms with van der Waals surface area (Å²) in [6, 6.07) is 6.86. The number of amides is 2. The van der Waals surface area contributed by atoms with Crippen LogP contribution in [0.5, 0.6) is 0 Å². The average Bonchev–Trinajstić information content (AvgIpc) is 3.10. The molecule has 2 aliphatic heterocycles. The maximum Gasteiger partial charge on any atom is 0.235 e. The summed E-state index contributed by atoms with van der Waals surface area (Å²) in [6.07, 6.45) is 0.858. The minimum atomic E-state index is -3.21. The molecule has 0 spiro atoms. The molecule has 0 radical (unpaired) electrons. The number of carbonyl (C=O) groups excluding carboxylic acids is 2. The normalized spacial score (nSPS) is 22.7. The molecule has 1 aromatic rings. The SMILES string of the molecule is CC(C)N1CC(C(=O)Nc2ccc(N3CCCS3(=O)=O)cc2)CC1=O. The Bertz CT molecular complexity index is 774. The summed E-state index contributed by atoms with van der Waals surface area (Å²) in [5.74, 6) is -0.357. The maximum absolute atomic E-state index is 12.4. The molecular weight excluding hydrogens is 342 g/mol. The Morgan fingerprint density at radius 2 is 1.92 bits per heavy atom. The summed E-state index contributed by atoms with van der Waals surface area (Å²) in [5, 5.41) is 2.82. The van der Waals surface area contributed by atoms with Crippen LogP contribution in [0.2, 0.25) is 0 Å². The molecule has 0 bridgehead atoms. The van der Waals surface area contributed by atoms with Gasteiger partial charge in [0.2, 0.25) is 21.8 Å². The first-order valence-corrected chi connectivity index (χ1v) is 10.1. The lowest BCUT2D eigenvalue weighted by Gasteiger charge is -2.20. The molecule has 7 nitrogen and oxygen atoms in total. The van der Waals surface area contributed by atoms with Crippen molar-refractivity contribution in [2.75, 3.05) is 28.5 Å². The van der Waals surface area contributed by atoms with Gasteiger partial charge in [0, 0.05) is 31.2 Å². The number of sulfonamides is 1. The number of anilines is 2. The largest absolute Gasteiger partial charge is 0.339 e. The second-order valence-electron chi connectivity index (χ2n) is 6.82. The van der Waals surface area contributed by atoms with E-state index in [1.54, 1.807) is 29.2 Å². The molecule has 2 fully saturated rings. The van der Waals surface area contributed by atoms with Gasteiger partial charge < -0.3 is 10.2 Å². The number of nitrogens with one attached hydrogen (secondary N) is 1. The summed E-state index contributed by atoms with van der Waals surface area (Å²) in [7, 11) is -3.21. The van der Waals surface area contributed by atoms with E-state index in [4.69, 9.17) is 0 Å². The molecule has 1 unspecified atom stereocenters. The van der Waals surface area contributed by atoms with Crippen molar-refractivity contribution in [3.8, 4) is 0 Å². The second kappa shape index (κ2) is 6.67. The molecule has 1 atom stereocenters. The highest BCUT2D eigenvalue weighted by molar-refractivity contribution is 7.93. The van der Waals surface area contributed by atoms with E-state index in [1.165, 1.54) is 4.31 Å². The van der Waals surface area contributed by atoms with Gasteiger partial charge in [-0.2, -0.15) is 0 Å². The highest BCUT2D eigenvalue weighted by Gasteiger charge is 2.35. The predicted molar refractivity (Wildman–Crippen MR) is 95.8 cm³/mol. The van der Waals surface area contributed by atoms with E-state index in [0.717, 1.165) is 0 Å². The molecule has 136 valence electrons. The van der Waals surface area contributed by atoms with Crippen LogP contribution in [0.15, 0.2) is 24.3 Å². The topological polar surface area (TPSA) is 86.8 Å². The number of carbonyl (C=O) groups is 2. The van der Waals surface area contributed by atoms with Crippen molar-refractivity contribution in [2.24, 2.45) is 5.92 Å². The van der Waals surface area contributed by atoms with E-state index < -0.39 is 10.0 Å². The fourth-order valence-corrected chi connectivity index (χ4v) is 4.86. The van der Waals surface area contributed by atoms with Crippen LogP contribution in [0.3, 0.4) is 0 Å². The lowest BCUT2D eigenvalue weighted by atomic mass is 10.1. The van der Waals surface area contributed by atoms with Crippen LogP contribution in [0.1, 0.15) is 26.7 Å². The minimum Gasteiger partial charge on any atom is -0.339 e. The van der Waals surface area contributed by atoms with Gasteiger partial charge in [0.05, 0.1) is 17.4 Å². The zero-order valence-corrected chi connectivity index (χ0v) is 15.3. The van der Waals surface area contributed by atoms with Gasteiger partial charge in [-0.25, -0.2) is 8.42 Å². The van der Waals surface area contributed by atoms with Gasteiger partial charge in [-0.05, 0) is 44.5 Å². The number of hydrogen-bond donors (Lipinski definition) is 1. The van der Waals surface area contributed by atoms with Gasteiger partial charge >= 0.3 is 0 Å². The third-order valence-electron chi connectivity index (χ3n) is 4.67. The Balaban J connectivity index is 1.64. The molecular formula is C17H23N3O4S. The third-order valence-corrected chi connectivity index (χ3v) is 6.54. The average molecular weight is 365 g/mol. The van der Waals surface area contributed by atoms with E-state index in [2.05, 4.69) is 5.32 Å². The molecule has 0 saturated carbocycles. The fraction of sp³-hybridized carbons (Fsp3) is 0.529. The Hall–Kier alpha value is -2.09. The molecule has 1 aromatic carbocycles. The second-order valence-corrected chi connectivity index (χ2v) is 8.83. The molecule has 0 aromatic heterocycles. The minimum absolute atomic E-state index is 0.00439. The first-order valence-electron chi connectivity index (χ1n) is 8.49. The summed E-state index contributed by atoms with van der Waals surface area (Å²) < 4.78 is 25.3. The van der Waals surface area contributed by atoms with Gasteiger partial charge in [0.15, 0.2) is 0 Å². The Morgan fingerprint density at radius 3 is 2.44 bits per heavy atom. The van der Waals surface area contributed by atoms with E-state index in [1.807, 2.05) is 13.8 Å². The molecule has 1 N–H and O–H groups in total. The van der Waals surface area contributed by atoms with E-state index in [9.17, 15) is 18.0 Å². The van der Waals surface area contributed by atoms with Crippen LogP contribution in [-0.2, 0) is 19.6 Å². The van der Waals surface area contributed by atoms with Crippen molar-refractivity contribution in [1.29, 1.82) is 0 Å². The summed E-state index contributed by atoms with van der Waals surface area (Å²) in [5.41, 5.74) is 1.21. The van der Waals surface area contributed by atoms with Crippen molar-refractivity contribution in [3.05, 3.63) is 24.3 Å². The number of hydrogen-bond acceptors (Lipinski definition) is 4. The zero-order chi connectivity index (χ0) is 18.2. The van der Waals surface area contributed by atoms with Gasteiger partial charge in [0.1, 0.15) is 0 Å². The molecule has 25 heavy (non-hydrogen) atoms. The van der Waals surface area contributed by atoms with E-state index in [0.29, 0.717) is 30.9 Å². The van der Waals surface area contributed by atoms with Crippen LogP contribution in [-0.4, -0.2) is 50.0 Å². The van der Waals surface area contributed by atoms with Crippen LogP contribution in [0, 0.1) is 5.92 Å². The fourth-order valence-electron chi connectivity index (χ4n) is 3.29. The molecule has 3 rings (SSSR count).